The van der Waals surface area contributed by atoms with E-state index in [-0.39, 0.29) is 42.6 Å². The maximum Gasteiger partial charge on any atom is 0.243 e. The summed E-state index contributed by atoms with van der Waals surface area (Å²) in [6.07, 6.45) is 14.3. The number of benzene rings is 1. The van der Waals surface area contributed by atoms with Gasteiger partial charge in [0.15, 0.2) is 5.78 Å². The molecule has 3 rings (SSSR count). The molecule has 1 unspecified atom stereocenters. The van der Waals surface area contributed by atoms with E-state index in [1.165, 1.54) is 65.4 Å². The monoisotopic (exact) mass is 645 g/mol. The van der Waals surface area contributed by atoms with Gasteiger partial charge in [0.1, 0.15) is 6.04 Å². The van der Waals surface area contributed by atoms with Crippen LogP contribution in [0.4, 0.5) is 5.69 Å². The molecule has 11 nitrogen and oxygen atoms in total. The van der Waals surface area contributed by atoms with E-state index in [4.69, 9.17) is 4.84 Å². The fourth-order valence-corrected chi connectivity index (χ4v) is 4.49. The zero-order chi connectivity index (χ0) is 34.7. The van der Waals surface area contributed by atoms with Crippen LogP contribution in [0.25, 0.3) is 0 Å². The quantitative estimate of drug-likeness (QED) is 0.136. The highest BCUT2D eigenvalue weighted by Crippen LogP contribution is 2.21. The molecule has 0 radical (unpaired) electrons. The van der Waals surface area contributed by atoms with Crippen molar-refractivity contribution in [1.29, 1.82) is 0 Å². The molecule has 1 atom stereocenters. The van der Waals surface area contributed by atoms with Gasteiger partial charge >= 0.3 is 0 Å². The molecule has 1 aromatic rings. The van der Waals surface area contributed by atoms with Gasteiger partial charge in [-0.05, 0) is 38.3 Å². The smallest absolute Gasteiger partial charge is 0.243 e. The maximum atomic E-state index is 12.2. The molecule has 0 saturated carbocycles. The molecule has 260 valence electrons. The Bertz CT molecular complexity index is 1020. The Morgan fingerprint density at radius 1 is 0.891 bits per heavy atom. The molecule has 0 bridgehead atoms. The number of rotatable bonds is 10. The lowest BCUT2D eigenvalue weighted by atomic mass is 10.0. The number of fused-ring (bicyclic) bond motifs is 1. The molecule has 0 aliphatic carbocycles. The normalized spacial score (nSPS) is 16.4. The Morgan fingerprint density at radius 3 is 1.98 bits per heavy atom. The summed E-state index contributed by atoms with van der Waals surface area (Å²) < 4.78 is 0. The largest absolute Gasteiger partial charge is 0.362 e. The lowest BCUT2D eigenvalue weighted by molar-refractivity contribution is -0.130. The first-order chi connectivity index (χ1) is 22.1. The Balaban J connectivity index is 0.000000675. The number of Topliss-reactive ketones (excluding diaryl/α,β-unsaturated/α-hetero) is 1. The Labute approximate surface area is 276 Å². The third kappa shape index (κ3) is 17.7. The fourth-order valence-electron chi connectivity index (χ4n) is 4.49. The molecule has 2 aliphatic rings. The molecular weight excluding hydrogens is 586 g/mol. The van der Waals surface area contributed by atoms with Gasteiger partial charge in [0, 0.05) is 17.8 Å². The summed E-state index contributed by atoms with van der Waals surface area (Å²) in [6.45, 7) is 15.1. The van der Waals surface area contributed by atoms with E-state index in [1.807, 2.05) is 4.90 Å². The number of hydroxylamine groups is 1. The van der Waals surface area contributed by atoms with Crippen LogP contribution in [0.3, 0.4) is 0 Å². The standard InChI is InChI=1S/C13H20N4O3.C10H11NO3.C8H18.C4H10/c1-9-6-14-11(18)7-15-12(19)8-16-13(20)10-4-2-3-5-17(9)10;1-8(13)9-5-3-4-6-10(9)11(7-12)14-2;1-3-5-7-8-6-4-2;1-3-4-2/h10H,1-8H2,(H,14,18)(H,15,19)(H,16,20);3-7H,1-2H3;3-8H2,1-2H3;3-4H2,1-2H3. The molecular formula is C35H59N5O6. The van der Waals surface area contributed by atoms with Crippen molar-refractivity contribution in [3.8, 4) is 0 Å². The van der Waals surface area contributed by atoms with Gasteiger partial charge < -0.3 is 20.9 Å². The first-order valence-corrected chi connectivity index (χ1v) is 16.8. The van der Waals surface area contributed by atoms with Crippen molar-refractivity contribution in [3.63, 3.8) is 0 Å². The number of piperidine rings is 1. The third-order valence-corrected chi connectivity index (χ3v) is 7.34. The van der Waals surface area contributed by atoms with E-state index >= 15 is 0 Å². The summed E-state index contributed by atoms with van der Waals surface area (Å²) in [5.41, 5.74) is 1.64. The Morgan fingerprint density at radius 2 is 1.46 bits per heavy atom. The van der Waals surface area contributed by atoms with Gasteiger partial charge in [-0.1, -0.05) is 97.8 Å². The lowest BCUT2D eigenvalue weighted by Crippen LogP contribution is -2.53. The molecule has 2 heterocycles. The van der Waals surface area contributed by atoms with Crippen molar-refractivity contribution >= 4 is 35.6 Å². The maximum absolute atomic E-state index is 12.2. The molecule has 11 heteroatoms. The highest BCUT2D eigenvalue weighted by Gasteiger charge is 2.30. The number of nitrogens with zero attached hydrogens (tertiary/aromatic N) is 2. The van der Waals surface area contributed by atoms with Crippen molar-refractivity contribution in [1.82, 2.24) is 20.9 Å². The Kier molecular flexibility index (Phi) is 24.3. The topological polar surface area (TPSA) is 137 Å². The molecule has 0 aromatic heterocycles. The average Bonchev–Trinajstić information content (AvgIpc) is 3.08. The predicted octanol–water partition coefficient (Wildman–Crippen LogP) is 5.30. The summed E-state index contributed by atoms with van der Waals surface area (Å²) in [7, 11) is 1.37. The number of carbonyl (C=O) groups is 5. The van der Waals surface area contributed by atoms with E-state index in [0.717, 1.165) is 36.6 Å². The molecule has 1 aromatic carbocycles. The second-order valence-electron chi connectivity index (χ2n) is 11.1. The number of ketones is 1. The summed E-state index contributed by atoms with van der Waals surface area (Å²) >= 11 is 0. The molecule has 2 fully saturated rings. The second-order valence-corrected chi connectivity index (χ2v) is 11.1. The van der Waals surface area contributed by atoms with E-state index in [1.54, 1.807) is 24.3 Å². The minimum atomic E-state index is -0.366. The third-order valence-electron chi connectivity index (χ3n) is 7.34. The van der Waals surface area contributed by atoms with Crippen molar-refractivity contribution < 1.29 is 28.8 Å². The number of hydrogen-bond acceptors (Lipinski definition) is 7. The van der Waals surface area contributed by atoms with E-state index in [2.05, 4.69) is 50.2 Å². The van der Waals surface area contributed by atoms with Crippen LogP contribution in [0, 0.1) is 0 Å². The first kappa shape index (κ1) is 42.3. The predicted molar refractivity (Wildman–Crippen MR) is 184 cm³/mol. The van der Waals surface area contributed by atoms with Crippen LogP contribution in [0.1, 0.15) is 116 Å². The van der Waals surface area contributed by atoms with Gasteiger partial charge in [-0.3, -0.25) is 28.8 Å². The van der Waals surface area contributed by atoms with E-state index in [9.17, 15) is 24.0 Å². The number of para-hydroxylation sites is 1. The van der Waals surface area contributed by atoms with Crippen LogP contribution >= 0.6 is 0 Å². The molecule has 2 saturated heterocycles. The van der Waals surface area contributed by atoms with E-state index < -0.39 is 0 Å². The van der Waals surface area contributed by atoms with Crippen LogP contribution in [0.15, 0.2) is 36.5 Å². The van der Waals surface area contributed by atoms with Gasteiger partial charge in [0.2, 0.25) is 24.1 Å². The van der Waals surface area contributed by atoms with Crippen molar-refractivity contribution in [2.24, 2.45) is 0 Å². The number of carbonyl (C=O) groups excluding carboxylic acids is 5. The number of nitrogens with one attached hydrogen (secondary N) is 3. The summed E-state index contributed by atoms with van der Waals surface area (Å²) in [5.74, 6) is -0.896. The number of hydrogen-bond donors (Lipinski definition) is 3. The van der Waals surface area contributed by atoms with Crippen LogP contribution < -0.4 is 21.0 Å². The first-order valence-electron chi connectivity index (χ1n) is 16.8. The van der Waals surface area contributed by atoms with Crippen LogP contribution in [-0.2, 0) is 24.0 Å². The second kappa shape index (κ2) is 26.5. The number of anilines is 1. The molecule has 3 N–H and O–H groups in total. The summed E-state index contributed by atoms with van der Waals surface area (Å²) in [5, 5.41) is 8.77. The Hall–Kier alpha value is -3.73. The highest BCUT2D eigenvalue weighted by atomic mass is 16.7. The SMILES string of the molecule is C=C1CNC(=O)CNC(=O)CNC(=O)C2CCCCN12.CCCC.CCCCCCCC.CON(C=O)c1ccccc1C(C)=O. The molecule has 0 spiro atoms. The average molecular weight is 646 g/mol. The minimum absolute atomic E-state index is 0.0919. The summed E-state index contributed by atoms with van der Waals surface area (Å²) in [6, 6.07) is 6.46. The molecule has 46 heavy (non-hydrogen) atoms. The van der Waals surface area contributed by atoms with Gasteiger partial charge in [0.25, 0.3) is 0 Å². The zero-order valence-corrected chi connectivity index (χ0v) is 29.1. The summed E-state index contributed by atoms with van der Waals surface area (Å²) in [4.78, 5) is 63.7. The number of amides is 4. The lowest BCUT2D eigenvalue weighted by Gasteiger charge is -2.37. The number of unbranched alkanes of at least 4 members (excludes halogenated alkanes) is 6. The van der Waals surface area contributed by atoms with Gasteiger partial charge in [-0.15, -0.1) is 0 Å². The van der Waals surface area contributed by atoms with Crippen molar-refractivity contribution in [2.75, 3.05) is 38.4 Å². The molecule has 2 aliphatic heterocycles. The fraction of sp³-hybridized carbons (Fsp3) is 0.629. The van der Waals surface area contributed by atoms with Crippen LogP contribution in [0.5, 0.6) is 0 Å². The zero-order valence-electron chi connectivity index (χ0n) is 29.1. The van der Waals surface area contributed by atoms with Crippen molar-refractivity contribution in [3.05, 3.63) is 42.1 Å². The molecule has 4 amide bonds. The van der Waals surface area contributed by atoms with Crippen LogP contribution in [-0.4, -0.2) is 74.1 Å². The van der Waals surface area contributed by atoms with E-state index in [0.29, 0.717) is 24.2 Å². The van der Waals surface area contributed by atoms with Gasteiger partial charge in [-0.2, -0.15) is 5.06 Å². The van der Waals surface area contributed by atoms with Crippen LogP contribution in [0.2, 0.25) is 0 Å². The minimum Gasteiger partial charge on any atom is -0.362 e. The van der Waals surface area contributed by atoms with Gasteiger partial charge in [-0.25, -0.2) is 0 Å². The van der Waals surface area contributed by atoms with Gasteiger partial charge in [0.05, 0.1) is 32.4 Å². The highest BCUT2D eigenvalue weighted by molar-refractivity contribution is 6.01. The van der Waals surface area contributed by atoms with Crippen molar-refractivity contribution in [2.45, 2.75) is 111 Å².